The topological polar surface area (TPSA) is 69.0 Å². The summed E-state index contributed by atoms with van der Waals surface area (Å²) in [5.74, 6) is 0.418. The number of rotatable bonds is 6. The first kappa shape index (κ1) is 18.7. The number of aromatic nitrogens is 3. The minimum absolute atomic E-state index is 0.170. The van der Waals surface area contributed by atoms with E-state index >= 15 is 0 Å². The van der Waals surface area contributed by atoms with Gasteiger partial charge < -0.3 is 10.1 Å². The van der Waals surface area contributed by atoms with E-state index in [1.165, 1.54) is 0 Å². The first-order valence-corrected chi connectivity index (χ1v) is 9.52. The van der Waals surface area contributed by atoms with Gasteiger partial charge in [-0.15, -0.1) is 0 Å². The molecule has 1 amide bonds. The van der Waals surface area contributed by atoms with Crippen molar-refractivity contribution in [3.8, 4) is 17.0 Å². The van der Waals surface area contributed by atoms with Crippen molar-refractivity contribution in [2.45, 2.75) is 13.5 Å². The third kappa shape index (κ3) is 3.82. The summed E-state index contributed by atoms with van der Waals surface area (Å²) in [6, 6.07) is 15.6. The number of pyridine rings is 1. The van der Waals surface area contributed by atoms with Crippen molar-refractivity contribution in [2.24, 2.45) is 7.05 Å². The number of amides is 1. The first-order chi connectivity index (χ1) is 14.2. The molecule has 0 aliphatic heterocycles. The van der Waals surface area contributed by atoms with E-state index in [-0.39, 0.29) is 5.91 Å². The second-order valence-electron chi connectivity index (χ2n) is 6.70. The molecule has 2 aromatic heterocycles. The third-order valence-electron chi connectivity index (χ3n) is 4.78. The van der Waals surface area contributed by atoms with Crippen LogP contribution in [0, 0.1) is 0 Å². The van der Waals surface area contributed by atoms with Crippen LogP contribution in [0.5, 0.6) is 5.75 Å². The molecule has 29 heavy (non-hydrogen) atoms. The average molecular weight is 386 g/mol. The van der Waals surface area contributed by atoms with Gasteiger partial charge in [0.05, 0.1) is 17.9 Å². The number of carbonyl (C=O) groups excluding carboxylic acids is 1. The Morgan fingerprint density at radius 1 is 1.14 bits per heavy atom. The SMILES string of the molecule is CCOc1ccc2ccccc2c1C(=O)NCc1cncc(-c2ccnn2C)c1. The molecule has 0 saturated carbocycles. The van der Waals surface area contributed by atoms with Gasteiger partial charge in [-0.25, -0.2) is 0 Å². The van der Waals surface area contributed by atoms with Crippen LogP contribution in [-0.2, 0) is 13.6 Å². The molecule has 0 unspecified atom stereocenters. The predicted molar refractivity (Wildman–Crippen MR) is 113 cm³/mol. The Hall–Kier alpha value is -3.67. The zero-order chi connectivity index (χ0) is 20.2. The van der Waals surface area contributed by atoms with Crippen molar-refractivity contribution in [1.82, 2.24) is 20.1 Å². The van der Waals surface area contributed by atoms with Crippen LogP contribution in [0.3, 0.4) is 0 Å². The molecule has 2 heterocycles. The monoisotopic (exact) mass is 386 g/mol. The number of nitrogens with zero attached hydrogens (tertiary/aromatic N) is 3. The van der Waals surface area contributed by atoms with Crippen LogP contribution in [0.2, 0.25) is 0 Å². The van der Waals surface area contributed by atoms with E-state index in [0.717, 1.165) is 27.6 Å². The minimum atomic E-state index is -0.170. The van der Waals surface area contributed by atoms with Gasteiger partial charge >= 0.3 is 0 Å². The van der Waals surface area contributed by atoms with Crippen LogP contribution >= 0.6 is 0 Å². The van der Waals surface area contributed by atoms with E-state index in [1.807, 2.05) is 62.5 Å². The van der Waals surface area contributed by atoms with Crippen LogP contribution in [0.25, 0.3) is 22.0 Å². The number of aryl methyl sites for hydroxylation is 1. The standard InChI is InChI=1S/C23H22N4O2/c1-3-29-21-9-8-17-6-4-5-7-19(17)22(21)23(28)25-14-16-12-18(15-24-13-16)20-10-11-26-27(20)2/h4-13,15H,3,14H2,1-2H3,(H,25,28). The van der Waals surface area contributed by atoms with Gasteiger partial charge in [-0.2, -0.15) is 5.10 Å². The minimum Gasteiger partial charge on any atom is -0.493 e. The van der Waals surface area contributed by atoms with Gasteiger partial charge in [0.1, 0.15) is 5.75 Å². The van der Waals surface area contributed by atoms with E-state index in [0.29, 0.717) is 24.5 Å². The highest BCUT2D eigenvalue weighted by molar-refractivity contribution is 6.09. The maximum atomic E-state index is 13.1. The first-order valence-electron chi connectivity index (χ1n) is 9.52. The largest absolute Gasteiger partial charge is 0.493 e. The fraction of sp³-hybridized carbons (Fsp3) is 0.174. The summed E-state index contributed by atoms with van der Waals surface area (Å²) < 4.78 is 7.51. The number of benzene rings is 2. The molecule has 1 N–H and O–H groups in total. The van der Waals surface area contributed by atoms with Crippen LogP contribution < -0.4 is 10.1 Å². The summed E-state index contributed by atoms with van der Waals surface area (Å²) >= 11 is 0. The van der Waals surface area contributed by atoms with Gasteiger partial charge in [0, 0.05) is 37.7 Å². The lowest BCUT2D eigenvalue weighted by atomic mass is 10.0. The van der Waals surface area contributed by atoms with E-state index in [4.69, 9.17) is 4.74 Å². The fourth-order valence-electron chi connectivity index (χ4n) is 3.41. The molecule has 0 aliphatic carbocycles. The molecule has 0 spiro atoms. The van der Waals surface area contributed by atoms with Gasteiger partial charge in [-0.3, -0.25) is 14.5 Å². The zero-order valence-corrected chi connectivity index (χ0v) is 16.4. The molecule has 4 aromatic rings. The summed E-state index contributed by atoms with van der Waals surface area (Å²) in [5.41, 5.74) is 3.39. The number of nitrogens with one attached hydrogen (secondary N) is 1. The summed E-state index contributed by atoms with van der Waals surface area (Å²) in [5, 5.41) is 9.08. The predicted octanol–water partition coefficient (Wildman–Crippen LogP) is 3.96. The van der Waals surface area contributed by atoms with E-state index in [1.54, 1.807) is 23.3 Å². The molecule has 6 nitrogen and oxygen atoms in total. The lowest BCUT2D eigenvalue weighted by molar-refractivity contribution is 0.0949. The normalized spacial score (nSPS) is 10.8. The number of carbonyl (C=O) groups is 1. The Morgan fingerprint density at radius 3 is 2.79 bits per heavy atom. The van der Waals surface area contributed by atoms with E-state index < -0.39 is 0 Å². The summed E-state index contributed by atoms with van der Waals surface area (Å²) in [4.78, 5) is 17.4. The highest BCUT2D eigenvalue weighted by Gasteiger charge is 2.16. The molecule has 0 bridgehead atoms. The van der Waals surface area contributed by atoms with Crippen LogP contribution in [0.15, 0.2) is 67.1 Å². The highest BCUT2D eigenvalue weighted by Crippen LogP contribution is 2.28. The maximum Gasteiger partial charge on any atom is 0.255 e. The summed E-state index contributed by atoms with van der Waals surface area (Å²) in [6.07, 6.45) is 5.30. The lowest BCUT2D eigenvalue weighted by Gasteiger charge is -2.14. The molecule has 146 valence electrons. The number of hydrogen-bond acceptors (Lipinski definition) is 4. The van der Waals surface area contributed by atoms with E-state index in [2.05, 4.69) is 15.4 Å². The van der Waals surface area contributed by atoms with Gasteiger partial charge in [0.15, 0.2) is 0 Å². The Morgan fingerprint density at radius 2 is 2.00 bits per heavy atom. The Kier molecular flexibility index (Phi) is 5.24. The van der Waals surface area contributed by atoms with Gasteiger partial charge in [0.2, 0.25) is 0 Å². The van der Waals surface area contributed by atoms with Crippen molar-refractivity contribution in [1.29, 1.82) is 0 Å². The molecule has 0 saturated heterocycles. The van der Waals surface area contributed by atoms with Crippen molar-refractivity contribution in [3.63, 3.8) is 0 Å². The zero-order valence-electron chi connectivity index (χ0n) is 16.4. The number of ether oxygens (including phenoxy) is 1. The number of hydrogen-bond donors (Lipinski definition) is 1. The van der Waals surface area contributed by atoms with E-state index in [9.17, 15) is 4.79 Å². The van der Waals surface area contributed by atoms with Crippen LogP contribution in [0.1, 0.15) is 22.8 Å². The van der Waals surface area contributed by atoms with Crippen LogP contribution in [-0.4, -0.2) is 27.3 Å². The molecule has 6 heteroatoms. The number of fused-ring (bicyclic) bond motifs is 1. The Bertz CT molecular complexity index is 1170. The van der Waals surface area contributed by atoms with Crippen molar-refractivity contribution in [3.05, 3.63) is 78.2 Å². The molecular weight excluding hydrogens is 364 g/mol. The van der Waals surface area contributed by atoms with Crippen molar-refractivity contribution in [2.75, 3.05) is 6.61 Å². The Labute approximate surface area is 169 Å². The van der Waals surface area contributed by atoms with Gasteiger partial charge in [-0.05, 0) is 41.5 Å². The molecule has 0 fully saturated rings. The van der Waals surface area contributed by atoms with Crippen LogP contribution in [0.4, 0.5) is 0 Å². The molecule has 0 atom stereocenters. The maximum absolute atomic E-state index is 13.1. The third-order valence-corrected chi connectivity index (χ3v) is 4.78. The molecule has 2 aromatic carbocycles. The van der Waals surface area contributed by atoms with Gasteiger partial charge in [0.25, 0.3) is 5.91 Å². The van der Waals surface area contributed by atoms with Gasteiger partial charge in [-0.1, -0.05) is 30.3 Å². The quantitative estimate of drug-likeness (QED) is 0.544. The van der Waals surface area contributed by atoms with Crippen molar-refractivity contribution < 1.29 is 9.53 Å². The second kappa shape index (κ2) is 8.14. The fourth-order valence-corrected chi connectivity index (χ4v) is 3.41. The highest BCUT2D eigenvalue weighted by atomic mass is 16.5. The molecule has 0 aliphatic rings. The lowest BCUT2D eigenvalue weighted by Crippen LogP contribution is -2.24. The Balaban J connectivity index is 1.59. The molecule has 0 radical (unpaired) electrons. The second-order valence-corrected chi connectivity index (χ2v) is 6.70. The molecule has 4 rings (SSSR count). The smallest absolute Gasteiger partial charge is 0.255 e. The summed E-state index contributed by atoms with van der Waals surface area (Å²) in [6.45, 7) is 2.77. The summed E-state index contributed by atoms with van der Waals surface area (Å²) in [7, 11) is 1.89. The molecular formula is C23H22N4O2. The van der Waals surface area contributed by atoms with Crippen molar-refractivity contribution >= 4 is 16.7 Å². The average Bonchev–Trinajstić information content (AvgIpc) is 3.18.